The van der Waals surface area contributed by atoms with Crippen LogP contribution in [0.5, 0.6) is 5.75 Å². The number of benzene rings is 1. The smallest absolute Gasteiger partial charge is 0.134 e. The average Bonchev–Trinajstić information content (AvgIpc) is 2.64. The second-order valence-corrected chi connectivity index (χ2v) is 7.55. The molecule has 0 amide bonds. The zero-order valence-electron chi connectivity index (χ0n) is 15.6. The number of rotatable bonds is 10. The highest BCUT2D eigenvalue weighted by atomic mass is 19.1. The molecule has 24 heavy (non-hydrogen) atoms. The van der Waals surface area contributed by atoms with Crippen molar-refractivity contribution in [1.29, 1.82) is 0 Å². The summed E-state index contributed by atoms with van der Waals surface area (Å²) < 4.78 is 20.0. The maximum atomic E-state index is 14.4. The van der Waals surface area contributed by atoms with Crippen LogP contribution >= 0.6 is 0 Å². The van der Waals surface area contributed by atoms with Crippen molar-refractivity contribution in [3.8, 4) is 5.75 Å². The van der Waals surface area contributed by atoms with Crippen LogP contribution in [0.2, 0.25) is 0 Å². The molecule has 1 aromatic carbocycles. The third-order valence-corrected chi connectivity index (χ3v) is 5.78. The van der Waals surface area contributed by atoms with E-state index in [9.17, 15) is 4.39 Å². The quantitative estimate of drug-likeness (QED) is 0.456. The first-order valence-corrected chi connectivity index (χ1v) is 10.0. The summed E-state index contributed by atoms with van der Waals surface area (Å²) in [6.45, 7) is 4.68. The molecule has 0 heterocycles. The number of hydrogen-bond acceptors (Lipinski definition) is 1. The van der Waals surface area contributed by atoms with Gasteiger partial charge >= 0.3 is 0 Å². The third kappa shape index (κ3) is 6.45. The predicted octanol–water partition coefficient (Wildman–Crippen LogP) is 6.82. The largest absolute Gasteiger partial charge is 0.491 e. The van der Waals surface area contributed by atoms with Gasteiger partial charge in [0.25, 0.3) is 0 Å². The SMILES string of the molecule is CCCCC1CCC(C(CC)CC(F)COc2ccccc2)CC1. The Balaban J connectivity index is 1.71. The van der Waals surface area contributed by atoms with Crippen LogP contribution in [-0.4, -0.2) is 12.8 Å². The average molecular weight is 335 g/mol. The van der Waals surface area contributed by atoms with Crippen molar-refractivity contribution < 1.29 is 9.13 Å². The standard InChI is InChI=1S/C22H35FO/c1-3-5-9-18-12-14-20(15-13-18)19(4-2)16-21(23)17-24-22-10-7-6-8-11-22/h6-8,10-11,18-21H,3-5,9,12-17H2,1-2H3. The van der Waals surface area contributed by atoms with E-state index in [4.69, 9.17) is 4.74 Å². The van der Waals surface area contributed by atoms with Gasteiger partial charge in [0.2, 0.25) is 0 Å². The number of unbranched alkanes of at least 4 members (excludes halogenated alkanes) is 1. The molecule has 0 aliphatic heterocycles. The van der Waals surface area contributed by atoms with Crippen molar-refractivity contribution in [1.82, 2.24) is 0 Å². The van der Waals surface area contributed by atoms with E-state index in [0.717, 1.165) is 24.0 Å². The van der Waals surface area contributed by atoms with Crippen molar-refractivity contribution >= 4 is 0 Å². The first-order valence-electron chi connectivity index (χ1n) is 10.0. The molecule has 0 spiro atoms. The molecule has 136 valence electrons. The lowest BCUT2D eigenvalue weighted by molar-refractivity contribution is 0.123. The van der Waals surface area contributed by atoms with Gasteiger partial charge in [0.1, 0.15) is 18.5 Å². The third-order valence-electron chi connectivity index (χ3n) is 5.78. The van der Waals surface area contributed by atoms with E-state index >= 15 is 0 Å². The Morgan fingerprint density at radius 3 is 2.42 bits per heavy atom. The molecule has 2 unspecified atom stereocenters. The monoisotopic (exact) mass is 334 g/mol. The fraction of sp³-hybridized carbons (Fsp3) is 0.727. The second kappa shape index (κ2) is 10.7. The summed E-state index contributed by atoms with van der Waals surface area (Å²) in [5.41, 5.74) is 0. The lowest BCUT2D eigenvalue weighted by Crippen LogP contribution is -2.26. The van der Waals surface area contributed by atoms with Gasteiger partial charge in [-0.05, 0) is 49.1 Å². The molecule has 1 aromatic rings. The van der Waals surface area contributed by atoms with Crippen LogP contribution in [0.1, 0.15) is 71.6 Å². The van der Waals surface area contributed by atoms with Gasteiger partial charge in [-0.3, -0.25) is 0 Å². The molecule has 0 bridgehead atoms. The summed E-state index contributed by atoms with van der Waals surface area (Å²) in [7, 11) is 0. The summed E-state index contributed by atoms with van der Waals surface area (Å²) in [5, 5.41) is 0. The number of halogens is 1. The molecule has 2 rings (SSSR count). The molecule has 1 fully saturated rings. The molecular weight excluding hydrogens is 299 g/mol. The lowest BCUT2D eigenvalue weighted by Gasteiger charge is -2.34. The number of ether oxygens (including phenoxy) is 1. The van der Waals surface area contributed by atoms with E-state index in [1.807, 2.05) is 30.3 Å². The van der Waals surface area contributed by atoms with Gasteiger partial charge in [0.15, 0.2) is 0 Å². The maximum absolute atomic E-state index is 14.4. The number of alkyl halides is 1. The maximum Gasteiger partial charge on any atom is 0.134 e. The van der Waals surface area contributed by atoms with Crippen molar-refractivity contribution in [3.05, 3.63) is 30.3 Å². The van der Waals surface area contributed by atoms with Crippen LogP contribution in [0, 0.1) is 17.8 Å². The van der Waals surface area contributed by atoms with E-state index < -0.39 is 6.17 Å². The summed E-state index contributed by atoms with van der Waals surface area (Å²) in [6.07, 6.45) is 10.3. The van der Waals surface area contributed by atoms with E-state index in [0.29, 0.717) is 12.3 Å². The van der Waals surface area contributed by atoms with Gasteiger partial charge in [-0.1, -0.05) is 70.6 Å². The predicted molar refractivity (Wildman–Crippen MR) is 100 cm³/mol. The van der Waals surface area contributed by atoms with Gasteiger partial charge in [-0.2, -0.15) is 0 Å². The highest BCUT2D eigenvalue weighted by molar-refractivity contribution is 5.20. The molecule has 2 atom stereocenters. The number of hydrogen-bond donors (Lipinski definition) is 0. The Kier molecular flexibility index (Phi) is 8.63. The molecule has 1 nitrogen and oxygen atoms in total. The van der Waals surface area contributed by atoms with Crippen LogP contribution in [-0.2, 0) is 0 Å². The van der Waals surface area contributed by atoms with Gasteiger partial charge in [-0.25, -0.2) is 4.39 Å². The van der Waals surface area contributed by atoms with Gasteiger partial charge < -0.3 is 4.74 Å². The van der Waals surface area contributed by atoms with Gasteiger partial charge in [0.05, 0.1) is 0 Å². The molecule has 1 aliphatic rings. The highest BCUT2D eigenvalue weighted by Crippen LogP contribution is 2.38. The van der Waals surface area contributed by atoms with Gasteiger partial charge in [-0.15, -0.1) is 0 Å². The lowest BCUT2D eigenvalue weighted by atomic mass is 9.72. The first-order chi connectivity index (χ1) is 11.7. The Bertz CT molecular complexity index is 425. The molecule has 1 aliphatic carbocycles. The van der Waals surface area contributed by atoms with E-state index in [2.05, 4.69) is 13.8 Å². The fourth-order valence-electron chi connectivity index (χ4n) is 4.23. The molecule has 2 heteroatoms. The highest BCUT2D eigenvalue weighted by Gasteiger charge is 2.28. The minimum atomic E-state index is -0.854. The molecule has 0 aromatic heterocycles. The summed E-state index contributed by atoms with van der Waals surface area (Å²) in [5.74, 6) is 2.94. The van der Waals surface area contributed by atoms with Crippen LogP contribution in [0.4, 0.5) is 4.39 Å². The normalized spacial score (nSPS) is 23.6. The topological polar surface area (TPSA) is 9.23 Å². The molecule has 1 saturated carbocycles. The molecular formula is C22H35FO. The summed E-state index contributed by atoms with van der Waals surface area (Å²) in [6, 6.07) is 9.58. The van der Waals surface area contributed by atoms with Crippen molar-refractivity contribution in [2.75, 3.05) is 6.61 Å². The molecule has 0 N–H and O–H groups in total. The number of para-hydroxylation sites is 1. The Morgan fingerprint density at radius 1 is 1.08 bits per heavy atom. The van der Waals surface area contributed by atoms with Crippen LogP contribution in [0.25, 0.3) is 0 Å². The van der Waals surface area contributed by atoms with E-state index in [1.54, 1.807) is 0 Å². The Morgan fingerprint density at radius 2 is 1.79 bits per heavy atom. The van der Waals surface area contributed by atoms with Crippen LogP contribution in [0.3, 0.4) is 0 Å². The zero-order chi connectivity index (χ0) is 17.2. The van der Waals surface area contributed by atoms with Crippen molar-refractivity contribution in [2.24, 2.45) is 17.8 Å². The van der Waals surface area contributed by atoms with Crippen molar-refractivity contribution in [3.63, 3.8) is 0 Å². The Labute approximate surface area is 148 Å². The minimum absolute atomic E-state index is 0.187. The summed E-state index contributed by atoms with van der Waals surface area (Å²) in [4.78, 5) is 0. The van der Waals surface area contributed by atoms with Gasteiger partial charge in [0, 0.05) is 0 Å². The zero-order valence-corrected chi connectivity index (χ0v) is 15.6. The second-order valence-electron chi connectivity index (χ2n) is 7.55. The van der Waals surface area contributed by atoms with Crippen molar-refractivity contribution in [2.45, 2.75) is 77.8 Å². The Hall–Kier alpha value is -1.05. The van der Waals surface area contributed by atoms with Crippen LogP contribution < -0.4 is 4.74 Å². The molecule has 0 radical (unpaired) electrons. The van der Waals surface area contributed by atoms with E-state index in [1.165, 1.54) is 44.9 Å². The summed E-state index contributed by atoms with van der Waals surface area (Å²) >= 11 is 0. The van der Waals surface area contributed by atoms with E-state index in [-0.39, 0.29) is 6.61 Å². The fourth-order valence-corrected chi connectivity index (χ4v) is 4.23. The van der Waals surface area contributed by atoms with Crippen LogP contribution in [0.15, 0.2) is 30.3 Å². The molecule has 0 saturated heterocycles. The minimum Gasteiger partial charge on any atom is -0.491 e. The first kappa shape index (κ1) is 19.3.